The Morgan fingerprint density at radius 1 is 1.00 bits per heavy atom. The summed E-state index contributed by atoms with van der Waals surface area (Å²) >= 11 is 0. The van der Waals surface area contributed by atoms with Gasteiger partial charge in [-0.15, -0.1) is 0 Å². The Kier molecular flexibility index (Phi) is 5.29. The van der Waals surface area contributed by atoms with E-state index in [1.54, 1.807) is 60.5 Å². The van der Waals surface area contributed by atoms with Crippen molar-refractivity contribution in [3.63, 3.8) is 0 Å². The Hall–Kier alpha value is -4.46. The standard InChI is InChI=1S/C28H23N3O5/c1-35-21-14-8-18(9-15-21)27(33)30(19-12-13-19)23-16-25(32)31(28(23)34)20-10-6-17(7-11-20)26-29-22-4-2-3-5-24(22)36-26/h2-11,14-15,19,23H,12-13,16H2,1H3. The first-order chi connectivity index (χ1) is 17.5. The lowest BCUT2D eigenvalue weighted by atomic mass is 10.1. The zero-order valence-electron chi connectivity index (χ0n) is 19.6. The van der Waals surface area contributed by atoms with E-state index in [0.717, 1.165) is 23.9 Å². The van der Waals surface area contributed by atoms with Gasteiger partial charge in [-0.3, -0.25) is 14.4 Å². The number of fused-ring (bicyclic) bond motifs is 1. The highest BCUT2D eigenvalue weighted by Gasteiger charge is 2.48. The lowest BCUT2D eigenvalue weighted by Crippen LogP contribution is -2.46. The molecule has 6 rings (SSSR count). The van der Waals surface area contributed by atoms with Crippen LogP contribution in [0.15, 0.2) is 77.2 Å². The first-order valence-corrected chi connectivity index (χ1v) is 11.8. The molecular formula is C28H23N3O5. The fourth-order valence-electron chi connectivity index (χ4n) is 4.65. The molecule has 1 aliphatic heterocycles. The number of aromatic nitrogens is 1. The Balaban J connectivity index is 1.25. The van der Waals surface area contributed by atoms with Gasteiger partial charge in [0.2, 0.25) is 11.8 Å². The summed E-state index contributed by atoms with van der Waals surface area (Å²) in [4.78, 5) is 47.1. The average molecular weight is 482 g/mol. The number of para-hydroxylation sites is 2. The SMILES string of the molecule is COc1ccc(C(=O)N(C2CC2)C2CC(=O)N(c3ccc(-c4nc5ccccc5o4)cc3)C2=O)cc1. The highest BCUT2D eigenvalue weighted by Crippen LogP contribution is 2.36. The number of ether oxygens (including phenoxy) is 1. The number of hydrogen-bond donors (Lipinski definition) is 0. The summed E-state index contributed by atoms with van der Waals surface area (Å²) in [5.74, 6) is 0.143. The second kappa shape index (κ2) is 8.64. The van der Waals surface area contributed by atoms with Gasteiger partial charge in [-0.2, -0.15) is 0 Å². The highest BCUT2D eigenvalue weighted by molar-refractivity contribution is 6.23. The molecule has 1 unspecified atom stereocenters. The maximum Gasteiger partial charge on any atom is 0.257 e. The van der Waals surface area contributed by atoms with Crippen molar-refractivity contribution in [3.8, 4) is 17.2 Å². The fraction of sp³-hybridized carbons (Fsp3) is 0.214. The van der Waals surface area contributed by atoms with E-state index in [0.29, 0.717) is 28.5 Å². The van der Waals surface area contributed by atoms with Crippen LogP contribution >= 0.6 is 0 Å². The molecule has 180 valence electrons. The third-order valence-corrected chi connectivity index (χ3v) is 6.64. The molecule has 0 bridgehead atoms. The maximum absolute atomic E-state index is 13.5. The molecule has 3 aromatic carbocycles. The number of benzene rings is 3. The molecule has 36 heavy (non-hydrogen) atoms. The Bertz CT molecular complexity index is 1440. The van der Waals surface area contributed by atoms with Crippen LogP contribution in [0.25, 0.3) is 22.6 Å². The van der Waals surface area contributed by atoms with Crippen molar-refractivity contribution in [2.45, 2.75) is 31.3 Å². The van der Waals surface area contributed by atoms with Crippen LogP contribution in [0, 0.1) is 0 Å². The topological polar surface area (TPSA) is 92.9 Å². The van der Waals surface area contributed by atoms with Crippen LogP contribution in [0.2, 0.25) is 0 Å². The second-order valence-corrected chi connectivity index (χ2v) is 8.99. The van der Waals surface area contributed by atoms with Crippen molar-refractivity contribution in [1.29, 1.82) is 0 Å². The summed E-state index contributed by atoms with van der Waals surface area (Å²) in [5.41, 5.74) is 3.10. The first kappa shape index (κ1) is 22.0. The molecule has 3 amide bonds. The molecule has 8 nitrogen and oxygen atoms in total. The Morgan fingerprint density at radius 3 is 2.39 bits per heavy atom. The normalized spacial score (nSPS) is 17.6. The largest absolute Gasteiger partial charge is 0.497 e. The van der Waals surface area contributed by atoms with Crippen LogP contribution in [0.3, 0.4) is 0 Å². The second-order valence-electron chi connectivity index (χ2n) is 8.99. The summed E-state index contributed by atoms with van der Waals surface area (Å²) in [7, 11) is 1.56. The van der Waals surface area contributed by atoms with Crippen molar-refractivity contribution in [2.75, 3.05) is 12.0 Å². The number of carbonyl (C=O) groups excluding carboxylic acids is 3. The van der Waals surface area contributed by atoms with Crippen molar-refractivity contribution in [1.82, 2.24) is 9.88 Å². The molecule has 0 N–H and O–H groups in total. The number of carbonyl (C=O) groups is 3. The van der Waals surface area contributed by atoms with Gasteiger partial charge in [0.15, 0.2) is 5.58 Å². The number of oxazole rings is 1. The molecule has 1 saturated carbocycles. The smallest absolute Gasteiger partial charge is 0.257 e. The molecule has 1 atom stereocenters. The van der Waals surface area contributed by atoms with Gasteiger partial charge in [-0.25, -0.2) is 9.88 Å². The third kappa shape index (κ3) is 3.80. The van der Waals surface area contributed by atoms with E-state index in [1.165, 1.54) is 4.90 Å². The third-order valence-electron chi connectivity index (χ3n) is 6.64. The lowest BCUT2D eigenvalue weighted by molar-refractivity contribution is -0.122. The fourth-order valence-corrected chi connectivity index (χ4v) is 4.65. The predicted octanol–water partition coefficient (Wildman–Crippen LogP) is 4.44. The van der Waals surface area contributed by atoms with Crippen molar-refractivity contribution in [2.24, 2.45) is 0 Å². The number of anilines is 1. The van der Waals surface area contributed by atoms with Crippen LogP contribution in [0.4, 0.5) is 5.69 Å². The Labute approximate surface area is 207 Å². The minimum atomic E-state index is -0.823. The number of methoxy groups -OCH3 is 1. The van der Waals surface area contributed by atoms with E-state index in [-0.39, 0.29) is 30.2 Å². The van der Waals surface area contributed by atoms with Crippen LogP contribution in [-0.4, -0.2) is 46.8 Å². The van der Waals surface area contributed by atoms with Crippen molar-refractivity contribution in [3.05, 3.63) is 78.4 Å². The van der Waals surface area contributed by atoms with E-state index in [4.69, 9.17) is 9.15 Å². The summed E-state index contributed by atoms with van der Waals surface area (Å²) in [5, 5.41) is 0. The molecule has 1 aliphatic carbocycles. The van der Waals surface area contributed by atoms with Crippen LogP contribution in [-0.2, 0) is 9.59 Å². The van der Waals surface area contributed by atoms with E-state index < -0.39 is 6.04 Å². The predicted molar refractivity (Wildman–Crippen MR) is 133 cm³/mol. The number of hydrogen-bond acceptors (Lipinski definition) is 6. The summed E-state index contributed by atoms with van der Waals surface area (Å²) in [6.45, 7) is 0. The molecule has 2 fully saturated rings. The molecule has 1 saturated heterocycles. The number of nitrogens with zero attached hydrogens (tertiary/aromatic N) is 3. The molecule has 4 aromatic rings. The minimum absolute atomic E-state index is 0.0376. The quantitative estimate of drug-likeness (QED) is 0.378. The molecule has 0 radical (unpaired) electrons. The van der Waals surface area contributed by atoms with Gasteiger partial charge in [0, 0.05) is 17.2 Å². The highest BCUT2D eigenvalue weighted by atomic mass is 16.5. The lowest BCUT2D eigenvalue weighted by Gasteiger charge is -2.27. The van der Waals surface area contributed by atoms with Crippen molar-refractivity contribution >= 4 is 34.5 Å². The summed E-state index contributed by atoms with van der Waals surface area (Å²) in [6, 6.07) is 20.4. The number of imide groups is 1. The number of rotatable bonds is 6. The Morgan fingerprint density at radius 2 is 1.72 bits per heavy atom. The molecule has 0 spiro atoms. The van der Waals surface area contributed by atoms with E-state index in [9.17, 15) is 14.4 Å². The minimum Gasteiger partial charge on any atom is -0.497 e. The molecule has 1 aromatic heterocycles. The molecule has 2 heterocycles. The van der Waals surface area contributed by atoms with Crippen LogP contribution in [0.5, 0.6) is 5.75 Å². The molecule has 2 aliphatic rings. The monoisotopic (exact) mass is 481 g/mol. The zero-order chi connectivity index (χ0) is 24.8. The number of amides is 3. The van der Waals surface area contributed by atoms with Gasteiger partial charge in [0.05, 0.1) is 19.2 Å². The van der Waals surface area contributed by atoms with E-state index in [2.05, 4.69) is 4.98 Å². The van der Waals surface area contributed by atoms with Gasteiger partial charge < -0.3 is 14.1 Å². The van der Waals surface area contributed by atoms with Gasteiger partial charge in [-0.05, 0) is 73.5 Å². The van der Waals surface area contributed by atoms with Gasteiger partial charge in [-0.1, -0.05) is 12.1 Å². The van der Waals surface area contributed by atoms with Gasteiger partial charge in [0.25, 0.3) is 11.8 Å². The first-order valence-electron chi connectivity index (χ1n) is 11.8. The molecule has 8 heteroatoms. The van der Waals surface area contributed by atoms with Gasteiger partial charge >= 0.3 is 0 Å². The summed E-state index contributed by atoms with van der Waals surface area (Å²) in [6.07, 6.45) is 1.60. The van der Waals surface area contributed by atoms with E-state index >= 15 is 0 Å². The molecular weight excluding hydrogens is 458 g/mol. The van der Waals surface area contributed by atoms with E-state index in [1.807, 2.05) is 24.3 Å². The van der Waals surface area contributed by atoms with Crippen LogP contribution in [0.1, 0.15) is 29.6 Å². The van der Waals surface area contributed by atoms with Crippen molar-refractivity contribution < 1.29 is 23.5 Å². The maximum atomic E-state index is 13.5. The van der Waals surface area contributed by atoms with Gasteiger partial charge in [0.1, 0.15) is 17.3 Å². The zero-order valence-corrected chi connectivity index (χ0v) is 19.6. The average Bonchev–Trinajstić information content (AvgIpc) is 3.57. The summed E-state index contributed by atoms with van der Waals surface area (Å²) < 4.78 is 11.0. The van der Waals surface area contributed by atoms with Crippen LogP contribution < -0.4 is 9.64 Å².